The van der Waals surface area contributed by atoms with Gasteiger partial charge in [0, 0.05) is 18.5 Å². The maximum absolute atomic E-state index is 11.6. The number of carbonyl (C=O) groups excluding carboxylic acids is 1. The molecule has 0 saturated heterocycles. The van der Waals surface area contributed by atoms with Crippen LogP contribution in [0.15, 0.2) is 0 Å². The zero-order chi connectivity index (χ0) is 11.6. The number of nitrogens with one attached hydrogen (secondary N) is 1. The van der Waals surface area contributed by atoms with E-state index in [9.17, 15) is 9.90 Å². The number of hydrogen-bond donors (Lipinski definition) is 3. The molecule has 2 aliphatic rings. The molecule has 0 aromatic heterocycles. The van der Waals surface area contributed by atoms with Gasteiger partial charge < -0.3 is 16.2 Å². The van der Waals surface area contributed by atoms with E-state index in [2.05, 4.69) is 5.32 Å². The largest absolute Gasteiger partial charge is 0.388 e. The van der Waals surface area contributed by atoms with Crippen molar-refractivity contribution >= 4 is 5.91 Å². The number of rotatable bonds is 4. The molecule has 0 aromatic rings. The zero-order valence-corrected chi connectivity index (χ0v) is 9.80. The minimum Gasteiger partial charge on any atom is -0.388 e. The van der Waals surface area contributed by atoms with Crippen LogP contribution in [0.4, 0.5) is 0 Å². The van der Waals surface area contributed by atoms with E-state index in [4.69, 9.17) is 5.73 Å². The molecule has 4 N–H and O–H groups in total. The van der Waals surface area contributed by atoms with Crippen molar-refractivity contribution in [1.29, 1.82) is 0 Å². The molecular formula is C12H22N2O2. The molecule has 0 spiro atoms. The van der Waals surface area contributed by atoms with Crippen molar-refractivity contribution in [3.63, 3.8) is 0 Å². The summed E-state index contributed by atoms with van der Waals surface area (Å²) in [7, 11) is 0. The molecule has 0 bridgehead atoms. The van der Waals surface area contributed by atoms with Gasteiger partial charge in [-0.15, -0.1) is 0 Å². The summed E-state index contributed by atoms with van der Waals surface area (Å²) in [6.07, 6.45) is 7.18. The van der Waals surface area contributed by atoms with E-state index >= 15 is 0 Å². The summed E-state index contributed by atoms with van der Waals surface area (Å²) in [4.78, 5) is 11.6. The number of carbonyl (C=O) groups is 1. The second-order valence-electron chi connectivity index (χ2n) is 5.60. The highest BCUT2D eigenvalue weighted by atomic mass is 16.3. The van der Waals surface area contributed by atoms with E-state index in [1.165, 1.54) is 0 Å². The Labute approximate surface area is 96.6 Å². The van der Waals surface area contributed by atoms with Crippen LogP contribution >= 0.6 is 0 Å². The molecule has 2 aliphatic carbocycles. The Bertz CT molecular complexity index is 268. The van der Waals surface area contributed by atoms with Gasteiger partial charge in [-0.2, -0.15) is 0 Å². The van der Waals surface area contributed by atoms with Crippen molar-refractivity contribution in [2.75, 3.05) is 6.54 Å². The molecule has 0 unspecified atom stereocenters. The minimum atomic E-state index is -0.656. The van der Waals surface area contributed by atoms with Crippen LogP contribution in [0.2, 0.25) is 0 Å². The van der Waals surface area contributed by atoms with Crippen molar-refractivity contribution < 1.29 is 9.90 Å². The molecule has 1 amide bonds. The second kappa shape index (κ2) is 4.34. The Balaban J connectivity index is 1.71. The van der Waals surface area contributed by atoms with Crippen molar-refractivity contribution in [1.82, 2.24) is 5.32 Å². The summed E-state index contributed by atoms with van der Waals surface area (Å²) < 4.78 is 0. The molecule has 92 valence electrons. The van der Waals surface area contributed by atoms with Gasteiger partial charge in [0.15, 0.2) is 0 Å². The molecule has 4 heteroatoms. The molecule has 2 rings (SSSR count). The molecule has 0 aromatic carbocycles. The first kappa shape index (κ1) is 11.9. The van der Waals surface area contributed by atoms with Gasteiger partial charge in [-0.1, -0.05) is 12.8 Å². The molecule has 2 saturated carbocycles. The number of aliphatic hydroxyl groups is 1. The van der Waals surface area contributed by atoms with Gasteiger partial charge >= 0.3 is 0 Å². The molecule has 0 heterocycles. The predicted molar refractivity (Wildman–Crippen MR) is 61.8 cm³/mol. The summed E-state index contributed by atoms with van der Waals surface area (Å²) in [5.41, 5.74) is 5.08. The topological polar surface area (TPSA) is 75.4 Å². The summed E-state index contributed by atoms with van der Waals surface area (Å²) >= 11 is 0. The van der Waals surface area contributed by atoms with Crippen LogP contribution in [0.1, 0.15) is 51.4 Å². The van der Waals surface area contributed by atoms with Gasteiger partial charge in [0.1, 0.15) is 0 Å². The third-order valence-electron chi connectivity index (χ3n) is 4.01. The molecule has 16 heavy (non-hydrogen) atoms. The Kier molecular flexibility index (Phi) is 3.22. The average molecular weight is 226 g/mol. The molecule has 4 nitrogen and oxygen atoms in total. The van der Waals surface area contributed by atoms with Gasteiger partial charge in [-0.05, 0) is 32.1 Å². The zero-order valence-electron chi connectivity index (χ0n) is 9.80. The van der Waals surface area contributed by atoms with E-state index in [0.29, 0.717) is 13.0 Å². The Morgan fingerprint density at radius 3 is 2.31 bits per heavy atom. The smallest absolute Gasteiger partial charge is 0.221 e. The highest BCUT2D eigenvalue weighted by Gasteiger charge is 2.36. The van der Waals surface area contributed by atoms with Crippen molar-refractivity contribution in [2.45, 2.75) is 62.5 Å². The minimum absolute atomic E-state index is 0.0116. The SMILES string of the molecule is NC1(CC(=O)NCC2(O)CCCC2)CCC1. The molecule has 0 atom stereocenters. The van der Waals surface area contributed by atoms with E-state index in [-0.39, 0.29) is 11.4 Å². The number of nitrogens with two attached hydrogens (primary N) is 1. The fraction of sp³-hybridized carbons (Fsp3) is 0.917. The van der Waals surface area contributed by atoms with E-state index in [1.54, 1.807) is 0 Å². The van der Waals surface area contributed by atoms with Crippen LogP contribution in [0.3, 0.4) is 0 Å². The maximum atomic E-state index is 11.6. The summed E-state index contributed by atoms with van der Waals surface area (Å²) in [5, 5.41) is 12.9. The number of amides is 1. The molecule has 0 aliphatic heterocycles. The van der Waals surface area contributed by atoms with Gasteiger partial charge in [-0.25, -0.2) is 0 Å². The monoisotopic (exact) mass is 226 g/mol. The highest BCUT2D eigenvalue weighted by Crippen LogP contribution is 2.32. The standard InChI is InChI=1S/C12H22N2O2/c13-11(4-3-5-11)8-10(15)14-9-12(16)6-1-2-7-12/h16H,1-9,13H2,(H,14,15). The van der Waals surface area contributed by atoms with Crippen LogP contribution in [-0.4, -0.2) is 28.7 Å². The number of hydrogen-bond acceptors (Lipinski definition) is 3. The fourth-order valence-corrected chi connectivity index (χ4v) is 2.66. The average Bonchev–Trinajstić information content (AvgIpc) is 2.61. The third-order valence-corrected chi connectivity index (χ3v) is 4.01. The lowest BCUT2D eigenvalue weighted by Crippen LogP contribution is -2.51. The van der Waals surface area contributed by atoms with Crippen LogP contribution in [0.5, 0.6) is 0 Å². The molecular weight excluding hydrogens is 204 g/mol. The second-order valence-corrected chi connectivity index (χ2v) is 5.60. The van der Waals surface area contributed by atoms with Gasteiger partial charge in [0.2, 0.25) is 5.91 Å². The predicted octanol–water partition coefficient (Wildman–Crippen LogP) is 0.679. The lowest BCUT2D eigenvalue weighted by molar-refractivity contribution is -0.124. The van der Waals surface area contributed by atoms with Gasteiger partial charge in [0.25, 0.3) is 0 Å². The Hall–Kier alpha value is -0.610. The highest BCUT2D eigenvalue weighted by molar-refractivity contribution is 5.77. The van der Waals surface area contributed by atoms with Crippen LogP contribution in [-0.2, 0) is 4.79 Å². The lowest BCUT2D eigenvalue weighted by Gasteiger charge is -2.37. The maximum Gasteiger partial charge on any atom is 0.221 e. The fourth-order valence-electron chi connectivity index (χ4n) is 2.66. The normalized spacial score (nSPS) is 26.1. The summed E-state index contributed by atoms with van der Waals surface area (Å²) in [6, 6.07) is 0. The first-order valence-corrected chi connectivity index (χ1v) is 6.29. The van der Waals surface area contributed by atoms with Gasteiger partial charge in [0.05, 0.1) is 5.60 Å². The van der Waals surface area contributed by atoms with Crippen molar-refractivity contribution in [3.8, 4) is 0 Å². The third kappa shape index (κ3) is 2.74. The first-order valence-electron chi connectivity index (χ1n) is 6.29. The molecule has 2 fully saturated rings. The Morgan fingerprint density at radius 1 is 1.19 bits per heavy atom. The van der Waals surface area contributed by atoms with E-state index < -0.39 is 5.60 Å². The molecule has 0 radical (unpaired) electrons. The first-order chi connectivity index (χ1) is 7.52. The van der Waals surface area contributed by atoms with Crippen LogP contribution in [0, 0.1) is 0 Å². The summed E-state index contributed by atoms with van der Waals surface area (Å²) in [5.74, 6) is -0.0116. The lowest BCUT2D eigenvalue weighted by atomic mass is 9.75. The van der Waals surface area contributed by atoms with Crippen LogP contribution < -0.4 is 11.1 Å². The van der Waals surface area contributed by atoms with Gasteiger partial charge in [-0.3, -0.25) is 4.79 Å². The quantitative estimate of drug-likeness (QED) is 0.660. The Morgan fingerprint density at radius 2 is 1.81 bits per heavy atom. The summed E-state index contributed by atoms with van der Waals surface area (Å²) in [6.45, 7) is 0.391. The van der Waals surface area contributed by atoms with Crippen molar-refractivity contribution in [2.24, 2.45) is 5.73 Å². The van der Waals surface area contributed by atoms with E-state index in [1.807, 2.05) is 0 Å². The van der Waals surface area contributed by atoms with E-state index in [0.717, 1.165) is 44.9 Å². The van der Waals surface area contributed by atoms with Crippen LogP contribution in [0.25, 0.3) is 0 Å². The van der Waals surface area contributed by atoms with Crippen molar-refractivity contribution in [3.05, 3.63) is 0 Å².